The van der Waals surface area contributed by atoms with Crippen LogP contribution in [0.15, 0.2) is 91.0 Å². The van der Waals surface area contributed by atoms with Crippen molar-refractivity contribution in [1.29, 1.82) is 0 Å². The van der Waals surface area contributed by atoms with Gasteiger partial charge >= 0.3 is 0 Å². The summed E-state index contributed by atoms with van der Waals surface area (Å²) in [5, 5.41) is 15.2. The average molecular weight is 580 g/mol. The molecule has 0 radical (unpaired) electrons. The number of nitrogens with one attached hydrogen (secondary N) is 1. The molecular formula is C32H39BrN2O3. The third kappa shape index (κ3) is 5.68. The van der Waals surface area contributed by atoms with E-state index in [1.165, 1.54) is 6.42 Å². The molecule has 2 N–H and O–H groups in total. The molecule has 4 unspecified atom stereocenters. The molecular weight excluding hydrogens is 540 g/mol. The minimum Gasteiger partial charge on any atom is -1.00 e. The van der Waals surface area contributed by atoms with Crippen LogP contribution in [-0.2, 0) is 10.4 Å². The Bertz CT molecular complexity index is 1130. The van der Waals surface area contributed by atoms with Crippen molar-refractivity contribution in [3.8, 4) is 5.75 Å². The van der Waals surface area contributed by atoms with E-state index in [9.17, 15) is 9.90 Å². The molecule has 1 amide bonds. The van der Waals surface area contributed by atoms with Crippen molar-refractivity contribution in [3.63, 3.8) is 0 Å². The van der Waals surface area contributed by atoms with E-state index in [1.54, 1.807) is 0 Å². The molecule has 0 aromatic heterocycles. The van der Waals surface area contributed by atoms with Crippen LogP contribution in [0.3, 0.4) is 0 Å². The van der Waals surface area contributed by atoms with Gasteiger partial charge in [-0.1, -0.05) is 78.9 Å². The molecule has 5 rings (SSSR count). The molecule has 2 saturated carbocycles. The molecule has 202 valence electrons. The predicted octanol–water partition coefficient (Wildman–Crippen LogP) is 1.76. The molecule has 5 nitrogen and oxygen atoms in total. The van der Waals surface area contributed by atoms with Crippen molar-refractivity contribution in [2.45, 2.75) is 43.4 Å². The lowest BCUT2D eigenvalue weighted by atomic mass is 9.84. The minimum absolute atomic E-state index is 0. The van der Waals surface area contributed by atoms with E-state index in [4.69, 9.17) is 4.74 Å². The van der Waals surface area contributed by atoms with Crippen LogP contribution in [0.1, 0.15) is 36.8 Å². The minimum atomic E-state index is -1.72. The van der Waals surface area contributed by atoms with Crippen LogP contribution in [0, 0.1) is 11.8 Å². The molecule has 2 fully saturated rings. The molecule has 0 aliphatic heterocycles. The van der Waals surface area contributed by atoms with Gasteiger partial charge in [-0.05, 0) is 42.5 Å². The van der Waals surface area contributed by atoms with Crippen LogP contribution < -0.4 is 27.0 Å². The zero-order chi connectivity index (χ0) is 25.9. The van der Waals surface area contributed by atoms with Gasteiger partial charge in [-0.2, -0.15) is 0 Å². The number of amides is 1. The second-order valence-electron chi connectivity index (χ2n) is 11.3. The molecule has 0 heterocycles. The number of quaternary nitrogens is 1. The first-order valence-corrected chi connectivity index (χ1v) is 13.5. The fraction of sp³-hybridized carbons (Fsp3) is 0.406. The Balaban J connectivity index is 0.00000336. The second kappa shape index (κ2) is 12.0. The van der Waals surface area contributed by atoms with Gasteiger partial charge < -0.3 is 36.6 Å². The summed E-state index contributed by atoms with van der Waals surface area (Å²) >= 11 is 0. The summed E-state index contributed by atoms with van der Waals surface area (Å²) in [6, 6.07) is 29.1. The molecule has 2 aliphatic carbocycles. The van der Waals surface area contributed by atoms with Gasteiger partial charge in [0.1, 0.15) is 5.75 Å². The first-order valence-electron chi connectivity index (χ1n) is 13.5. The van der Waals surface area contributed by atoms with E-state index in [1.807, 2.05) is 91.0 Å². The van der Waals surface area contributed by atoms with Crippen molar-refractivity contribution in [2.24, 2.45) is 11.8 Å². The van der Waals surface area contributed by atoms with E-state index < -0.39 is 5.60 Å². The number of hydrogen-bond acceptors (Lipinski definition) is 3. The third-order valence-corrected chi connectivity index (χ3v) is 8.59. The number of aliphatic hydroxyl groups is 1. The average Bonchev–Trinajstić information content (AvgIpc) is 3.51. The van der Waals surface area contributed by atoms with Gasteiger partial charge in [-0.15, -0.1) is 0 Å². The van der Waals surface area contributed by atoms with E-state index >= 15 is 0 Å². The summed E-state index contributed by atoms with van der Waals surface area (Å²) in [6.07, 6.45) is 4.29. The number of fused-ring (bicyclic) bond motifs is 2. The first kappa shape index (κ1) is 28.3. The number of para-hydroxylation sites is 1. The maximum Gasteiger partial charge on any atom is 0.261 e. The van der Waals surface area contributed by atoms with Gasteiger partial charge in [0.2, 0.25) is 0 Å². The van der Waals surface area contributed by atoms with E-state index in [-0.39, 0.29) is 28.9 Å². The van der Waals surface area contributed by atoms with Crippen molar-refractivity contribution in [2.75, 3.05) is 27.2 Å². The summed E-state index contributed by atoms with van der Waals surface area (Å²) in [7, 11) is 4.65. The number of carbonyl (C=O) groups is 1. The topological polar surface area (TPSA) is 58.6 Å². The number of halogens is 1. The number of carbonyl (C=O) groups excluding carboxylic acids is 1. The predicted molar refractivity (Wildman–Crippen MR) is 146 cm³/mol. The fourth-order valence-electron chi connectivity index (χ4n) is 6.94. The van der Waals surface area contributed by atoms with Gasteiger partial charge in [0.15, 0.2) is 5.60 Å². The molecule has 38 heavy (non-hydrogen) atoms. The lowest BCUT2D eigenvalue weighted by Gasteiger charge is -2.39. The zero-order valence-electron chi connectivity index (χ0n) is 22.3. The van der Waals surface area contributed by atoms with Crippen molar-refractivity contribution in [1.82, 2.24) is 5.32 Å². The van der Waals surface area contributed by atoms with Gasteiger partial charge in [0.05, 0.1) is 33.3 Å². The highest BCUT2D eigenvalue weighted by Crippen LogP contribution is 2.49. The Morgan fingerprint density at radius 3 is 2.05 bits per heavy atom. The van der Waals surface area contributed by atoms with E-state index in [0.29, 0.717) is 35.6 Å². The largest absolute Gasteiger partial charge is 1.00 e. The van der Waals surface area contributed by atoms with Crippen LogP contribution in [0.5, 0.6) is 5.75 Å². The summed E-state index contributed by atoms with van der Waals surface area (Å²) in [5.41, 5.74) is -0.542. The van der Waals surface area contributed by atoms with Gasteiger partial charge in [0.25, 0.3) is 5.91 Å². The Hall–Kier alpha value is -2.67. The highest BCUT2D eigenvalue weighted by atomic mass is 79.9. The smallest absolute Gasteiger partial charge is 0.261 e. The quantitative estimate of drug-likeness (QED) is 0.285. The molecule has 2 bridgehead atoms. The SMILES string of the molecule is C[N+](C)(CCCOc1ccccc1)C1C2CCC1C(NC(=O)C(O)(c1ccccc1)c1ccccc1)C2.[Br-]. The molecule has 6 heteroatoms. The van der Waals surface area contributed by atoms with Gasteiger partial charge in [-0.3, -0.25) is 4.79 Å². The number of nitrogens with zero attached hydrogens (tertiary/aromatic N) is 1. The first-order chi connectivity index (χ1) is 17.9. The molecule has 3 aromatic rings. The Morgan fingerprint density at radius 2 is 1.47 bits per heavy atom. The standard InChI is InChI=1S/C32H38N2O3.BrH/c1-34(2,21-12-22-37-27-17-10-5-11-18-27)30-24-19-20-28(30)29(23-24)33-31(35)32(36,25-13-6-3-7-14-25)26-15-8-4-9-16-26;/h3-11,13-18,24,28-30,36H,12,19-23H2,1-2H3;1H. The Labute approximate surface area is 237 Å². The van der Waals surface area contributed by atoms with Crippen molar-refractivity contribution < 1.29 is 36.1 Å². The van der Waals surface area contributed by atoms with Crippen LogP contribution in [0.4, 0.5) is 0 Å². The highest BCUT2D eigenvalue weighted by molar-refractivity contribution is 5.90. The highest BCUT2D eigenvalue weighted by Gasteiger charge is 2.56. The van der Waals surface area contributed by atoms with Gasteiger partial charge in [0, 0.05) is 24.3 Å². The maximum atomic E-state index is 13.8. The number of rotatable bonds is 10. The molecule has 4 atom stereocenters. The van der Waals surface area contributed by atoms with Crippen LogP contribution in [-0.4, -0.2) is 54.8 Å². The molecule has 0 saturated heterocycles. The number of benzene rings is 3. The summed E-state index contributed by atoms with van der Waals surface area (Å²) in [5.74, 6) is 1.58. The third-order valence-electron chi connectivity index (χ3n) is 8.59. The van der Waals surface area contributed by atoms with Crippen molar-refractivity contribution in [3.05, 3.63) is 102 Å². The summed E-state index contributed by atoms with van der Waals surface area (Å²) in [6.45, 7) is 1.73. The summed E-state index contributed by atoms with van der Waals surface area (Å²) < 4.78 is 6.87. The molecule has 0 spiro atoms. The normalized spacial score (nSPS) is 22.5. The van der Waals surface area contributed by atoms with Crippen LogP contribution in [0.2, 0.25) is 0 Å². The monoisotopic (exact) mass is 578 g/mol. The summed E-state index contributed by atoms with van der Waals surface area (Å²) in [4.78, 5) is 13.8. The Morgan fingerprint density at radius 1 is 0.921 bits per heavy atom. The second-order valence-corrected chi connectivity index (χ2v) is 11.3. The van der Waals surface area contributed by atoms with Crippen molar-refractivity contribution >= 4 is 5.91 Å². The van der Waals surface area contributed by atoms with E-state index in [0.717, 1.165) is 36.0 Å². The molecule has 2 aliphatic rings. The number of hydrogen-bond donors (Lipinski definition) is 2. The lowest BCUT2D eigenvalue weighted by molar-refractivity contribution is -0.919. The number of ether oxygens (including phenoxy) is 1. The van der Waals surface area contributed by atoms with Crippen LogP contribution in [0.25, 0.3) is 0 Å². The lowest BCUT2D eigenvalue weighted by Crippen LogP contribution is -3.00. The van der Waals surface area contributed by atoms with E-state index in [2.05, 4.69) is 19.4 Å². The molecule has 3 aromatic carbocycles. The maximum absolute atomic E-state index is 13.8. The fourth-order valence-corrected chi connectivity index (χ4v) is 6.94. The van der Waals surface area contributed by atoms with Crippen LogP contribution >= 0.6 is 0 Å². The zero-order valence-corrected chi connectivity index (χ0v) is 23.9. The van der Waals surface area contributed by atoms with Gasteiger partial charge in [-0.25, -0.2) is 0 Å². The Kier molecular flexibility index (Phi) is 8.96.